The molecule has 0 saturated heterocycles. The van der Waals surface area contributed by atoms with E-state index in [0.29, 0.717) is 11.5 Å². The molecule has 1 aromatic rings. The second kappa shape index (κ2) is 2.34. The van der Waals surface area contributed by atoms with Crippen LogP contribution < -0.4 is 0 Å². The van der Waals surface area contributed by atoms with Crippen molar-refractivity contribution in [2.45, 2.75) is 19.1 Å². The molecule has 0 atom stereocenters. The maximum atomic E-state index is 10.8. The highest BCUT2D eigenvalue weighted by atomic mass is 32.2. The number of sulfone groups is 1. The fraction of sp³-hybridized carbons (Fsp3) is 0.500. The van der Waals surface area contributed by atoms with E-state index >= 15 is 0 Å². The zero-order valence-electron chi connectivity index (χ0n) is 6.58. The molecule has 0 saturated carbocycles. The lowest BCUT2D eigenvalue weighted by atomic mass is 10.4. The predicted molar refractivity (Wildman–Crippen MR) is 39.1 cm³/mol. The third-order valence-corrected chi connectivity index (χ3v) is 2.14. The normalized spacial score (nSPS) is 11.9. The first-order valence-corrected chi connectivity index (χ1v) is 4.94. The molecule has 0 aromatic carbocycles. The lowest BCUT2D eigenvalue weighted by Crippen LogP contribution is -1.96. The van der Waals surface area contributed by atoms with Crippen LogP contribution in [-0.2, 0) is 9.84 Å². The Labute approximate surface area is 65.2 Å². The molecule has 5 heteroatoms. The van der Waals surface area contributed by atoms with Crippen LogP contribution >= 0.6 is 0 Å². The molecule has 1 rings (SSSR count). The van der Waals surface area contributed by atoms with E-state index in [9.17, 15) is 8.42 Å². The highest BCUT2D eigenvalue weighted by Gasteiger charge is 2.15. The Hall–Kier alpha value is -0.840. The van der Waals surface area contributed by atoms with Gasteiger partial charge in [-0.1, -0.05) is 0 Å². The first kappa shape index (κ1) is 8.26. The molecule has 0 radical (unpaired) electrons. The van der Waals surface area contributed by atoms with Crippen LogP contribution in [0.5, 0.6) is 0 Å². The van der Waals surface area contributed by atoms with Gasteiger partial charge in [-0.05, 0) is 13.8 Å². The van der Waals surface area contributed by atoms with Gasteiger partial charge in [-0.15, -0.1) is 0 Å². The molecule has 4 nitrogen and oxygen atoms in total. The van der Waals surface area contributed by atoms with Crippen molar-refractivity contribution in [3.05, 3.63) is 11.5 Å². The Kier molecular flexibility index (Phi) is 1.75. The molecule has 11 heavy (non-hydrogen) atoms. The highest BCUT2D eigenvalue weighted by Crippen LogP contribution is 2.12. The number of oxazole rings is 1. The lowest BCUT2D eigenvalue weighted by molar-refractivity contribution is 0.412. The van der Waals surface area contributed by atoms with E-state index in [1.807, 2.05) is 0 Å². The van der Waals surface area contributed by atoms with Crippen molar-refractivity contribution in [3.63, 3.8) is 0 Å². The zero-order valence-corrected chi connectivity index (χ0v) is 7.40. The number of rotatable bonds is 1. The minimum atomic E-state index is -3.28. The van der Waals surface area contributed by atoms with Gasteiger partial charge in [0.15, 0.2) is 0 Å². The average molecular weight is 175 g/mol. The Morgan fingerprint density at radius 3 is 2.09 bits per heavy atom. The van der Waals surface area contributed by atoms with Gasteiger partial charge in [-0.3, -0.25) is 0 Å². The maximum absolute atomic E-state index is 10.8. The van der Waals surface area contributed by atoms with E-state index in [0.717, 1.165) is 6.26 Å². The van der Waals surface area contributed by atoms with Gasteiger partial charge in [0.05, 0.1) is 5.69 Å². The molecule has 1 heterocycles. The van der Waals surface area contributed by atoms with E-state index in [1.165, 1.54) is 0 Å². The first-order valence-electron chi connectivity index (χ1n) is 3.05. The fourth-order valence-corrected chi connectivity index (χ4v) is 1.18. The Bertz CT molecular complexity index is 344. The zero-order chi connectivity index (χ0) is 8.65. The molecule has 0 aliphatic carbocycles. The molecule has 0 aliphatic rings. The van der Waals surface area contributed by atoms with Crippen molar-refractivity contribution < 1.29 is 12.8 Å². The fourth-order valence-electron chi connectivity index (χ4n) is 0.602. The summed E-state index contributed by atoms with van der Waals surface area (Å²) in [5.74, 6) is 0.547. The van der Waals surface area contributed by atoms with Crippen molar-refractivity contribution in [1.82, 2.24) is 4.98 Å². The summed E-state index contributed by atoms with van der Waals surface area (Å²) in [5.41, 5.74) is 0.616. The van der Waals surface area contributed by atoms with Crippen LogP contribution in [0.25, 0.3) is 0 Å². The smallest absolute Gasteiger partial charge is 0.315 e. The molecule has 0 unspecified atom stereocenters. The molecular weight excluding hydrogens is 166 g/mol. The molecule has 62 valence electrons. The van der Waals surface area contributed by atoms with E-state index in [4.69, 9.17) is 4.42 Å². The summed E-state index contributed by atoms with van der Waals surface area (Å²) in [7, 11) is -3.28. The van der Waals surface area contributed by atoms with Gasteiger partial charge in [0.25, 0.3) is 0 Å². The van der Waals surface area contributed by atoms with Gasteiger partial charge < -0.3 is 4.42 Å². The van der Waals surface area contributed by atoms with Crippen LogP contribution in [0.15, 0.2) is 9.64 Å². The number of aromatic nitrogens is 1. The minimum Gasteiger partial charge on any atom is -0.433 e. The number of nitrogens with zero attached hydrogens (tertiary/aromatic N) is 1. The van der Waals surface area contributed by atoms with Crippen LogP contribution in [0, 0.1) is 13.8 Å². The first-order chi connectivity index (χ1) is 4.91. The highest BCUT2D eigenvalue weighted by molar-refractivity contribution is 7.90. The van der Waals surface area contributed by atoms with Crippen LogP contribution in [0.4, 0.5) is 0 Å². The summed E-state index contributed by atoms with van der Waals surface area (Å²) < 4.78 is 26.6. The van der Waals surface area contributed by atoms with Gasteiger partial charge in [0.1, 0.15) is 5.76 Å². The quantitative estimate of drug-likeness (QED) is 0.630. The summed E-state index contributed by atoms with van der Waals surface area (Å²) in [4.78, 5) is 3.73. The van der Waals surface area contributed by atoms with Crippen molar-refractivity contribution in [3.8, 4) is 0 Å². The van der Waals surface area contributed by atoms with Gasteiger partial charge in [0, 0.05) is 6.26 Å². The molecule has 0 aliphatic heterocycles. The number of aryl methyl sites for hydroxylation is 2. The molecule has 0 bridgehead atoms. The molecule has 0 spiro atoms. The molecule has 0 amide bonds. The molecule has 0 fully saturated rings. The van der Waals surface area contributed by atoms with Crippen LogP contribution in [0.1, 0.15) is 11.5 Å². The summed E-state index contributed by atoms with van der Waals surface area (Å²) >= 11 is 0. The lowest BCUT2D eigenvalue weighted by Gasteiger charge is -1.85. The van der Waals surface area contributed by atoms with Crippen molar-refractivity contribution in [2.75, 3.05) is 6.26 Å². The van der Waals surface area contributed by atoms with Gasteiger partial charge in [0.2, 0.25) is 9.84 Å². The largest absolute Gasteiger partial charge is 0.433 e. The van der Waals surface area contributed by atoms with Crippen LogP contribution in [-0.4, -0.2) is 19.7 Å². The Balaban J connectivity index is 3.29. The van der Waals surface area contributed by atoms with Crippen molar-refractivity contribution in [2.24, 2.45) is 0 Å². The van der Waals surface area contributed by atoms with E-state index in [2.05, 4.69) is 4.98 Å². The van der Waals surface area contributed by atoms with Crippen molar-refractivity contribution in [1.29, 1.82) is 0 Å². The summed E-state index contributed by atoms with van der Waals surface area (Å²) in [6.45, 7) is 3.38. The van der Waals surface area contributed by atoms with Gasteiger partial charge >= 0.3 is 5.22 Å². The Morgan fingerprint density at radius 2 is 1.91 bits per heavy atom. The summed E-state index contributed by atoms with van der Waals surface area (Å²) in [6.07, 6.45) is 1.07. The van der Waals surface area contributed by atoms with E-state index in [-0.39, 0.29) is 5.22 Å². The monoisotopic (exact) mass is 175 g/mol. The molecular formula is C6H9NO3S. The summed E-state index contributed by atoms with van der Waals surface area (Å²) in [6, 6.07) is 0. The number of hydrogen-bond donors (Lipinski definition) is 0. The second-order valence-corrected chi connectivity index (χ2v) is 4.29. The average Bonchev–Trinajstić information content (AvgIpc) is 2.11. The van der Waals surface area contributed by atoms with E-state index in [1.54, 1.807) is 13.8 Å². The molecule has 1 aromatic heterocycles. The Morgan fingerprint density at radius 1 is 1.36 bits per heavy atom. The molecule has 0 N–H and O–H groups in total. The topological polar surface area (TPSA) is 60.2 Å². The third kappa shape index (κ3) is 1.59. The van der Waals surface area contributed by atoms with E-state index < -0.39 is 9.84 Å². The van der Waals surface area contributed by atoms with Crippen LogP contribution in [0.2, 0.25) is 0 Å². The van der Waals surface area contributed by atoms with Crippen LogP contribution in [0.3, 0.4) is 0 Å². The predicted octanol–water partition coefficient (Wildman–Crippen LogP) is 0.695. The minimum absolute atomic E-state index is 0.201. The third-order valence-electron chi connectivity index (χ3n) is 1.33. The van der Waals surface area contributed by atoms with Gasteiger partial charge in [-0.25, -0.2) is 13.4 Å². The SMILES string of the molecule is Cc1nc(S(C)(=O)=O)oc1C. The second-order valence-electron chi connectivity index (χ2n) is 2.39. The van der Waals surface area contributed by atoms with Crippen molar-refractivity contribution >= 4 is 9.84 Å². The van der Waals surface area contributed by atoms with Gasteiger partial charge in [-0.2, -0.15) is 0 Å². The summed E-state index contributed by atoms with van der Waals surface area (Å²) in [5, 5.41) is -0.201. The number of hydrogen-bond acceptors (Lipinski definition) is 4. The maximum Gasteiger partial charge on any atom is 0.315 e. The standard InChI is InChI=1S/C6H9NO3S/c1-4-5(2)10-6(7-4)11(3,8)9/h1-3H3.